The van der Waals surface area contributed by atoms with Gasteiger partial charge in [0, 0.05) is 30.9 Å². The first kappa shape index (κ1) is 15.2. The van der Waals surface area contributed by atoms with Crippen LogP contribution in [0.4, 0.5) is 0 Å². The van der Waals surface area contributed by atoms with Crippen LogP contribution >= 0.6 is 0 Å². The largest absolute Gasteiger partial charge is 0.335 e. The lowest BCUT2D eigenvalue weighted by Gasteiger charge is -2.17. The van der Waals surface area contributed by atoms with Crippen molar-refractivity contribution in [3.05, 3.63) is 18.2 Å². The molecule has 1 rings (SSSR count). The summed E-state index contributed by atoms with van der Waals surface area (Å²) in [5.74, 6) is 1.73. The lowest BCUT2D eigenvalue weighted by atomic mass is 10.1. The van der Waals surface area contributed by atoms with Gasteiger partial charge in [-0.1, -0.05) is 27.7 Å². The summed E-state index contributed by atoms with van der Waals surface area (Å²) >= 11 is 0. The van der Waals surface area contributed by atoms with E-state index in [2.05, 4.69) is 48.8 Å². The molecule has 104 valence electrons. The third-order valence-electron chi connectivity index (χ3n) is 3.39. The second-order valence-corrected chi connectivity index (χ2v) is 5.34. The molecule has 1 N–H and O–H groups in total. The zero-order valence-corrected chi connectivity index (χ0v) is 12.4. The predicted octanol–water partition coefficient (Wildman–Crippen LogP) is 3.56. The van der Waals surface area contributed by atoms with Crippen molar-refractivity contribution < 1.29 is 0 Å². The molecule has 1 aromatic heterocycles. The van der Waals surface area contributed by atoms with Gasteiger partial charge in [0.2, 0.25) is 0 Å². The molecule has 18 heavy (non-hydrogen) atoms. The quantitative estimate of drug-likeness (QED) is 0.727. The highest BCUT2D eigenvalue weighted by Crippen LogP contribution is 2.13. The zero-order valence-electron chi connectivity index (χ0n) is 12.4. The van der Waals surface area contributed by atoms with Crippen molar-refractivity contribution in [2.45, 2.75) is 71.9 Å². The van der Waals surface area contributed by atoms with E-state index in [4.69, 9.17) is 0 Å². The molecule has 0 bridgehead atoms. The number of nitrogens with one attached hydrogen (secondary N) is 1. The van der Waals surface area contributed by atoms with Gasteiger partial charge in [-0.15, -0.1) is 0 Å². The molecule has 0 aliphatic rings. The molecule has 0 radical (unpaired) electrons. The molecule has 0 spiro atoms. The highest BCUT2D eigenvalue weighted by Gasteiger charge is 2.08. The predicted molar refractivity (Wildman–Crippen MR) is 77.9 cm³/mol. The lowest BCUT2D eigenvalue weighted by molar-refractivity contribution is 0.436. The van der Waals surface area contributed by atoms with E-state index in [1.54, 1.807) is 0 Å². The van der Waals surface area contributed by atoms with E-state index in [1.165, 1.54) is 31.5 Å². The average molecular weight is 251 g/mol. The van der Waals surface area contributed by atoms with E-state index in [0.29, 0.717) is 12.0 Å². The Labute approximate surface area is 112 Å². The van der Waals surface area contributed by atoms with Crippen molar-refractivity contribution in [1.82, 2.24) is 14.9 Å². The summed E-state index contributed by atoms with van der Waals surface area (Å²) < 4.78 is 2.30. The van der Waals surface area contributed by atoms with E-state index in [-0.39, 0.29) is 0 Å². The Balaban J connectivity index is 2.33. The normalized spacial score (nSPS) is 13.2. The first-order valence-corrected chi connectivity index (χ1v) is 7.43. The van der Waals surface area contributed by atoms with Crippen molar-refractivity contribution >= 4 is 0 Å². The summed E-state index contributed by atoms with van der Waals surface area (Å²) in [6.45, 7) is 11.1. The molecule has 3 heteroatoms. The number of aromatic nitrogens is 2. The third kappa shape index (κ3) is 4.81. The Morgan fingerprint density at radius 3 is 2.72 bits per heavy atom. The van der Waals surface area contributed by atoms with Gasteiger partial charge in [0.1, 0.15) is 5.82 Å². The van der Waals surface area contributed by atoms with Gasteiger partial charge < -0.3 is 9.88 Å². The topological polar surface area (TPSA) is 29.9 Å². The summed E-state index contributed by atoms with van der Waals surface area (Å²) in [6.07, 6.45) is 8.95. The summed E-state index contributed by atoms with van der Waals surface area (Å²) in [5.41, 5.74) is 0. The minimum Gasteiger partial charge on any atom is -0.335 e. The highest BCUT2D eigenvalue weighted by atomic mass is 15.1. The molecule has 0 fully saturated rings. The van der Waals surface area contributed by atoms with Crippen LogP contribution in [-0.4, -0.2) is 22.1 Å². The molecule has 0 saturated carbocycles. The molecule has 1 aromatic rings. The Morgan fingerprint density at radius 1 is 1.33 bits per heavy atom. The second kappa shape index (κ2) is 8.30. The minimum absolute atomic E-state index is 0.514. The van der Waals surface area contributed by atoms with E-state index in [9.17, 15) is 0 Å². The Bertz CT molecular complexity index is 317. The smallest absolute Gasteiger partial charge is 0.111 e. The van der Waals surface area contributed by atoms with Crippen LogP contribution in [0.3, 0.4) is 0 Å². The summed E-state index contributed by atoms with van der Waals surface area (Å²) in [4.78, 5) is 4.43. The van der Waals surface area contributed by atoms with E-state index < -0.39 is 0 Å². The van der Waals surface area contributed by atoms with Crippen molar-refractivity contribution in [1.29, 1.82) is 0 Å². The first-order chi connectivity index (χ1) is 8.69. The van der Waals surface area contributed by atoms with Crippen molar-refractivity contribution in [3.8, 4) is 0 Å². The van der Waals surface area contributed by atoms with Crippen molar-refractivity contribution in [2.24, 2.45) is 0 Å². The number of rotatable bonds is 9. The second-order valence-electron chi connectivity index (χ2n) is 5.34. The third-order valence-corrected chi connectivity index (χ3v) is 3.39. The molecule has 1 unspecified atom stereocenters. The van der Waals surface area contributed by atoms with E-state index >= 15 is 0 Å². The van der Waals surface area contributed by atoms with Crippen LogP contribution in [-0.2, 0) is 6.54 Å². The number of imidazole rings is 1. The summed E-state index contributed by atoms with van der Waals surface area (Å²) in [7, 11) is 0. The van der Waals surface area contributed by atoms with Gasteiger partial charge in [-0.2, -0.15) is 0 Å². The van der Waals surface area contributed by atoms with Gasteiger partial charge in [-0.3, -0.25) is 0 Å². The fraction of sp³-hybridized carbons (Fsp3) is 0.800. The minimum atomic E-state index is 0.514. The van der Waals surface area contributed by atoms with E-state index in [1.807, 2.05) is 6.20 Å². The molecular formula is C15H29N3. The number of hydrogen-bond donors (Lipinski definition) is 1. The zero-order chi connectivity index (χ0) is 13.4. The van der Waals surface area contributed by atoms with Crippen LogP contribution in [0, 0.1) is 0 Å². The monoisotopic (exact) mass is 251 g/mol. The number of hydrogen-bond acceptors (Lipinski definition) is 2. The maximum Gasteiger partial charge on any atom is 0.111 e. The summed E-state index contributed by atoms with van der Waals surface area (Å²) in [5, 5.41) is 3.61. The standard InChI is InChI=1S/C15H29N3/c1-5-9-16-14(6-2)8-7-11-18-12-10-17-15(18)13(3)4/h10,12-14,16H,5-9,11H2,1-4H3. The van der Waals surface area contributed by atoms with Gasteiger partial charge in [0.25, 0.3) is 0 Å². The van der Waals surface area contributed by atoms with Gasteiger partial charge in [0.15, 0.2) is 0 Å². The number of aryl methyl sites for hydroxylation is 1. The fourth-order valence-electron chi connectivity index (χ4n) is 2.32. The van der Waals surface area contributed by atoms with Crippen LogP contribution in [0.15, 0.2) is 12.4 Å². The summed E-state index contributed by atoms with van der Waals surface area (Å²) in [6, 6.07) is 0.677. The Kier molecular flexibility index (Phi) is 7.02. The van der Waals surface area contributed by atoms with Gasteiger partial charge in [-0.05, 0) is 32.2 Å². The van der Waals surface area contributed by atoms with Crippen molar-refractivity contribution in [2.75, 3.05) is 6.54 Å². The maximum absolute atomic E-state index is 4.43. The van der Waals surface area contributed by atoms with Crippen LogP contribution in [0.2, 0.25) is 0 Å². The molecule has 0 aromatic carbocycles. The van der Waals surface area contributed by atoms with Gasteiger partial charge in [-0.25, -0.2) is 4.98 Å². The van der Waals surface area contributed by atoms with Gasteiger partial charge >= 0.3 is 0 Å². The molecule has 0 aliphatic carbocycles. The van der Waals surface area contributed by atoms with Crippen LogP contribution in [0.25, 0.3) is 0 Å². The molecule has 0 amide bonds. The fourth-order valence-corrected chi connectivity index (χ4v) is 2.32. The molecule has 0 aliphatic heterocycles. The SMILES string of the molecule is CCCNC(CC)CCCn1ccnc1C(C)C. The van der Waals surface area contributed by atoms with E-state index in [0.717, 1.165) is 13.1 Å². The van der Waals surface area contributed by atoms with Crippen LogP contribution < -0.4 is 5.32 Å². The maximum atomic E-state index is 4.43. The first-order valence-electron chi connectivity index (χ1n) is 7.43. The Morgan fingerprint density at radius 2 is 2.11 bits per heavy atom. The Hall–Kier alpha value is -0.830. The number of nitrogens with zero attached hydrogens (tertiary/aromatic N) is 2. The highest BCUT2D eigenvalue weighted by molar-refractivity contribution is 4.97. The van der Waals surface area contributed by atoms with Crippen LogP contribution in [0.1, 0.15) is 65.1 Å². The van der Waals surface area contributed by atoms with Crippen molar-refractivity contribution in [3.63, 3.8) is 0 Å². The molecular weight excluding hydrogens is 222 g/mol. The molecule has 1 atom stereocenters. The van der Waals surface area contributed by atoms with Crippen LogP contribution in [0.5, 0.6) is 0 Å². The molecule has 1 heterocycles. The van der Waals surface area contributed by atoms with Gasteiger partial charge in [0.05, 0.1) is 0 Å². The molecule has 0 saturated heterocycles. The molecule has 3 nitrogen and oxygen atoms in total. The average Bonchev–Trinajstić information content (AvgIpc) is 2.82. The lowest BCUT2D eigenvalue weighted by Crippen LogP contribution is -2.29.